The van der Waals surface area contributed by atoms with Crippen LogP contribution in [0.3, 0.4) is 0 Å². The third-order valence-corrected chi connectivity index (χ3v) is 8.55. The summed E-state index contributed by atoms with van der Waals surface area (Å²) in [6.45, 7) is 4.89. The zero-order valence-electron chi connectivity index (χ0n) is 17.9. The molecule has 4 aliphatic carbocycles. The zero-order valence-corrected chi connectivity index (χ0v) is 17.9. The summed E-state index contributed by atoms with van der Waals surface area (Å²) < 4.78 is 5.78. The van der Waals surface area contributed by atoms with Crippen molar-refractivity contribution in [2.24, 2.45) is 28.6 Å². The third kappa shape index (κ3) is 2.65. The van der Waals surface area contributed by atoms with E-state index < -0.39 is 34.8 Å². The van der Waals surface area contributed by atoms with Crippen LogP contribution < -0.4 is 0 Å². The maximum atomic E-state index is 13.6. The molecule has 0 saturated heterocycles. The van der Waals surface area contributed by atoms with Crippen molar-refractivity contribution in [3.05, 3.63) is 23.8 Å². The first kappa shape index (κ1) is 21.2. The quantitative estimate of drug-likeness (QED) is 0.711. The molecule has 0 bridgehead atoms. The highest BCUT2D eigenvalue weighted by Crippen LogP contribution is 2.66. The highest BCUT2D eigenvalue weighted by Gasteiger charge is 2.70. The largest absolute Gasteiger partial charge is 0.450 e. The Morgan fingerprint density at radius 3 is 2.63 bits per heavy atom. The Balaban J connectivity index is 1.77. The summed E-state index contributed by atoms with van der Waals surface area (Å²) in [6.07, 6.45) is 7.90. The summed E-state index contributed by atoms with van der Waals surface area (Å²) in [4.78, 5) is 50.7. The molecule has 0 aromatic rings. The molecule has 0 amide bonds. The Kier molecular flexibility index (Phi) is 4.92. The Morgan fingerprint density at radius 1 is 1.23 bits per heavy atom. The normalized spacial score (nSPS) is 42.1. The lowest BCUT2D eigenvalue weighted by Crippen LogP contribution is -2.62. The fraction of sp³-hybridized carbons (Fsp3) is 0.667. The molecule has 0 radical (unpaired) electrons. The van der Waals surface area contributed by atoms with E-state index in [0.717, 1.165) is 18.4 Å². The van der Waals surface area contributed by atoms with Crippen LogP contribution in [0.2, 0.25) is 0 Å². The summed E-state index contributed by atoms with van der Waals surface area (Å²) in [5.41, 5.74) is -1.75. The number of carbonyl (C=O) groups is 4. The summed E-state index contributed by atoms with van der Waals surface area (Å²) in [5, 5.41) is 9.69. The first-order valence-corrected chi connectivity index (χ1v) is 11.0. The molecule has 0 spiro atoms. The minimum Gasteiger partial charge on any atom is -0.450 e. The number of ketones is 3. The molecule has 1 N–H and O–H groups in total. The van der Waals surface area contributed by atoms with Gasteiger partial charge in [-0.15, -0.1) is 0 Å². The average molecular weight is 414 g/mol. The molecule has 0 heterocycles. The molecule has 0 unspecified atom stereocenters. The Hall–Kier alpha value is -2.08. The van der Waals surface area contributed by atoms with Crippen molar-refractivity contribution in [3.8, 4) is 0 Å². The number of aliphatic hydroxyl groups is 1. The SMILES string of the molecule is CCC(=O)O[C@]1(C(=O)CO)CC[C@H]2[C@@H]3CCC4=CC(=O)C=C[C@]4(C)[C@H]3C(=O)C[C@@]21C. The number of carbonyl (C=O) groups excluding carboxylic acids is 4. The van der Waals surface area contributed by atoms with Crippen LogP contribution in [0.25, 0.3) is 0 Å². The summed E-state index contributed by atoms with van der Waals surface area (Å²) >= 11 is 0. The van der Waals surface area contributed by atoms with Crippen LogP contribution in [0.1, 0.15) is 59.3 Å². The third-order valence-electron chi connectivity index (χ3n) is 8.55. The molecular formula is C24H30O6. The van der Waals surface area contributed by atoms with E-state index in [0.29, 0.717) is 12.8 Å². The minimum absolute atomic E-state index is 0.0322. The van der Waals surface area contributed by atoms with Crippen LogP contribution in [0.15, 0.2) is 23.8 Å². The van der Waals surface area contributed by atoms with Gasteiger partial charge in [-0.05, 0) is 49.7 Å². The number of hydrogen-bond acceptors (Lipinski definition) is 6. The zero-order chi connectivity index (χ0) is 21.9. The second kappa shape index (κ2) is 6.98. The highest BCUT2D eigenvalue weighted by atomic mass is 16.6. The molecule has 4 aliphatic rings. The topological polar surface area (TPSA) is 97.7 Å². The fourth-order valence-corrected chi connectivity index (χ4v) is 7.09. The highest BCUT2D eigenvalue weighted by molar-refractivity contribution is 6.02. The van der Waals surface area contributed by atoms with Crippen molar-refractivity contribution >= 4 is 23.3 Å². The molecule has 0 aliphatic heterocycles. The van der Waals surface area contributed by atoms with Gasteiger partial charge in [-0.1, -0.05) is 32.4 Å². The van der Waals surface area contributed by atoms with Gasteiger partial charge in [0.1, 0.15) is 12.4 Å². The number of esters is 1. The number of rotatable bonds is 4. The lowest BCUT2D eigenvalue weighted by atomic mass is 9.46. The number of allylic oxidation sites excluding steroid dienone is 4. The van der Waals surface area contributed by atoms with Crippen LogP contribution in [0.5, 0.6) is 0 Å². The van der Waals surface area contributed by atoms with Crippen molar-refractivity contribution in [2.75, 3.05) is 6.61 Å². The van der Waals surface area contributed by atoms with Gasteiger partial charge < -0.3 is 9.84 Å². The Morgan fingerprint density at radius 2 is 1.97 bits per heavy atom. The summed E-state index contributed by atoms with van der Waals surface area (Å²) in [7, 11) is 0. The van der Waals surface area contributed by atoms with Gasteiger partial charge in [-0.3, -0.25) is 19.2 Å². The smallest absolute Gasteiger partial charge is 0.306 e. The number of aliphatic hydroxyl groups excluding tert-OH is 1. The van der Waals surface area contributed by atoms with Crippen LogP contribution >= 0.6 is 0 Å². The van der Waals surface area contributed by atoms with Gasteiger partial charge in [0.2, 0.25) is 5.78 Å². The van der Waals surface area contributed by atoms with Gasteiger partial charge in [0.15, 0.2) is 11.4 Å². The number of hydrogen-bond donors (Lipinski definition) is 1. The monoisotopic (exact) mass is 414 g/mol. The molecular weight excluding hydrogens is 384 g/mol. The van der Waals surface area contributed by atoms with E-state index in [-0.39, 0.29) is 42.2 Å². The first-order chi connectivity index (χ1) is 14.1. The van der Waals surface area contributed by atoms with E-state index in [2.05, 4.69) is 0 Å². The Labute approximate surface area is 176 Å². The molecule has 4 rings (SSSR count). The Bertz CT molecular complexity index is 884. The van der Waals surface area contributed by atoms with E-state index in [4.69, 9.17) is 4.74 Å². The van der Waals surface area contributed by atoms with Crippen molar-refractivity contribution in [2.45, 2.75) is 64.9 Å². The van der Waals surface area contributed by atoms with Crippen LogP contribution in [0.4, 0.5) is 0 Å². The molecule has 6 atom stereocenters. The average Bonchev–Trinajstić information content (AvgIpc) is 3.00. The van der Waals surface area contributed by atoms with E-state index in [9.17, 15) is 24.3 Å². The van der Waals surface area contributed by atoms with E-state index in [1.165, 1.54) is 0 Å². The van der Waals surface area contributed by atoms with Crippen molar-refractivity contribution in [1.82, 2.24) is 0 Å². The molecule has 6 nitrogen and oxygen atoms in total. The van der Waals surface area contributed by atoms with Gasteiger partial charge in [0.05, 0.1) is 0 Å². The van der Waals surface area contributed by atoms with Crippen molar-refractivity contribution < 1.29 is 29.0 Å². The fourth-order valence-electron chi connectivity index (χ4n) is 7.09. The van der Waals surface area contributed by atoms with Crippen molar-refractivity contribution in [3.63, 3.8) is 0 Å². The van der Waals surface area contributed by atoms with Crippen LogP contribution in [-0.2, 0) is 23.9 Å². The maximum Gasteiger partial charge on any atom is 0.306 e. The molecule has 6 heteroatoms. The molecule has 0 aromatic heterocycles. The van der Waals surface area contributed by atoms with Gasteiger partial charge in [0, 0.05) is 29.6 Å². The van der Waals surface area contributed by atoms with E-state index in [1.54, 1.807) is 19.1 Å². The number of Topliss-reactive ketones (excluding diaryl/α,β-unsaturated/α-hetero) is 2. The van der Waals surface area contributed by atoms with Gasteiger partial charge in [-0.2, -0.15) is 0 Å². The van der Waals surface area contributed by atoms with Gasteiger partial charge in [-0.25, -0.2) is 0 Å². The number of fused-ring (bicyclic) bond motifs is 5. The lowest BCUT2D eigenvalue weighted by Gasteiger charge is -2.57. The molecule has 0 aromatic carbocycles. The predicted octanol–water partition coefficient (Wildman–Crippen LogP) is 2.73. The lowest BCUT2D eigenvalue weighted by molar-refractivity contribution is -0.191. The van der Waals surface area contributed by atoms with E-state index in [1.807, 2.05) is 19.9 Å². The van der Waals surface area contributed by atoms with E-state index >= 15 is 0 Å². The van der Waals surface area contributed by atoms with Crippen molar-refractivity contribution in [1.29, 1.82) is 0 Å². The minimum atomic E-state index is -1.45. The van der Waals surface area contributed by atoms with Gasteiger partial charge >= 0.3 is 5.97 Å². The molecule has 3 saturated carbocycles. The molecule has 162 valence electrons. The standard InChI is InChI=1S/C24H30O6/c1-4-20(29)30-24(19(28)13-25)10-8-17-16-6-5-14-11-15(26)7-9-22(14,2)21(16)18(27)12-23(17,24)3/h7,9,11,16-17,21,25H,4-6,8,10,12-13H2,1-3H3/t16-,17-,21+,22-,23-,24-/m0/s1. The predicted molar refractivity (Wildman–Crippen MR) is 108 cm³/mol. The van der Waals surface area contributed by atoms with Crippen LogP contribution in [0, 0.1) is 28.6 Å². The molecule has 3 fully saturated rings. The second-order valence-corrected chi connectivity index (χ2v) is 9.81. The number of ether oxygens (including phenoxy) is 1. The molecule has 30 heavy (non-hydrogen) atoms. The first-order valence-electron chi connectivity index (χ1n) is 11.0. The summed E-state index contributed by atoms with van der Waals surface area (Å²) in [5.74, 6) is -1.14. The second-order valence-electron chi connectivity index (χ2n) is 9.81. The maximum absolute atomic E-state index is 13.6. The van der Waals surface area contributed by atoms with Gasteiger partial charge in [0.25, 0.3) is 0 Å². The van der Waals surface area contributed by atoms with Crippen LogP contribution in [-0.4, -0.2) is 40.6 Å². The summed E-state index contributed by atoms with van der Waals surface area (Å²) in [6, 6.07) is 0.